The van der Waals surface area contributed by atoms with E-state index in [-0.39, 0.29) is 10.6 Å². The van der Waals surface area contributed by atoms with E-state index >= 15 is 0 Å². The van der Waals surface area contributed by atoms with Crippen molar-refractivity contribution in [1.29, 1.82) is 0 Å². The lowest BCUT2D eigenvalue weighted by Crippen LogP contribution is -2.09. The number of anilines is 1. The number of rotatable bonds is 2. The van der Waals surface area contributed by atoms with E-state index in [1.807, 2.05) is 0 Å². The minimum absolute atomic E-state index is 0.0887. The first-order valence-electron chi connectivity index (χ1n) is 5.46. The molecule has 5 heteroatoms. The Bertz CT molecular complexity index is 652. The second-order valence-electron chi connectivity index (χ2n) is 4.11. The first-order chi connectivity index (χ1) is 8.91. The molecule has 2 aromatic rings. The highest BCUT2D eigenvalue weighted by molar-refractivity contribution is 9.10. The van der Waals surface area contributed by atoms with Gasteiger partial charge in [0.2, 0.25) is 0 Å². The van der Waals surface area contributed by atoms with Crippen LogP contribution >= 0.6 is 27.5 Å². The molecule has 0 aliphatic heterocycles. The number of aryl methyl sites for hydroxylation is 1. The molecule has 0 fully saturated rings. The van der Waals surface area contributed by atoms with Crippen LogP contribution < -0.4 is 5.73 Å². The Kier molecular flexibility index (Phi) is 3.92. The fraction of sp³-hybridized carbons (Fsp3) is 0.0714. The van der Waals surface area contributed by atoms with Gasteiger partial charge in [0.15, 0.2) is 5.78 Å². The van der Waals surface area contributed by atoms with Crippen molar-refractivity contribution in [3.05, 3.63) is 62.3 Å². The van der Waals surface area contributed by atoms with Crippen molar-refractivity contribution in [2.24, 2.45) is 0 Å². The van der Waals surface area contributed by atoms with Crippen molar-refractivity contribution in [2.45, 2.75) is 6.92 Å². The summed E-state index contributed by atoms with van der Waals surface area (Å²) in [7, 11) is 0. The number of nitrogens with two attached hydrogens (primary N) is 1. The summed E-state index contributed by atoms with van der Waals surface area (Å²) in [6, 6.07) is 7.58. The van der Waals surface area contributed by atoms with Gasteiger partial charge in [-0.05, 0) is 46.6 Å². The van der Waals surface area contributed by atoms with Crippen molar-refractivity contribution in [3.8, 4) is 0 Å². The third-order valence-corrected chi connectivity index (χ3v) is 3.98. The molecule has 19 heavy (non-hydrogen) atoms. The molecular weight excluding hydrogens is 333 g/mol. The fourth-order valence-corrected chi connectivity index (χ4v) is 2.31. The van der Waals surface area contributed by atoms with Gasteiger partial charge < -0.3 is 5.73 Å². The van der Waals surface area contributed by atoms with Gasteiger partial charge in [-0.15, -0.1) is 0 Å². The van der Waals surface area contributed by atoms with Gasteiger partial charge in [-0.25, -0.2) is 4.39 Å². The predicted octanol–water partition coefficient (Wildman–Crippen LogP) is 4.36. The van der Waals surface area contributed by atoms with Crippen LogP contribution in [-0.4, -0.2) is 5.78 Å². The average Bonchev–Trinajstić information content (AvgIpc) is 2.33. The fourth-order valence-electron chi connectivity index (χ4n) is 1.83. The van der Waals surface area contributed by atoms with Crippen molar-refractivity contribution in [3.63, 3.8) is 0 Å². The summed E-state index contributed by atoms with van der Waals surface area (Å²) in [6.07, 6.45) is 0. The summed E-state index contributed by atoms with van der Waals surface area (Å²) < 4.78 is 14.3. The zero-order chi connectivity index (χ0) is 14.2. The number of ketones is 1. The molecule has 2 N–H and O–H groups in total. The Morgan fingerprint density at radius 2 is 2.05 bits per heavy atom. The summed E-state index contributed by atoms with van der Waals surface area (Å²) in [5.74, 6) is -1.11. The first kappa shape index (κ1) is 14.0. The van der Waals surface area contributed by atoms with Gasteiger partial charge in [-0.1, -0.05) is 23.7 Å². The summed E-state index contributed by atoms with van der Waals surface area (Å²) in [4.78, 5) is 12.4. The Hall–Kier alpha value is -1.39. The van der Waals surface area contributed by atoms with E-state index in [0.717, 1.165) is 0 Å². The minimum Gasteiger partial charge on any atom is -0.398 e. The molecule has 0 saturated heterocycles. The maximum atomic E-state index is 13.9. The van der Waals surface area contributed by atoms with Crippen LogP contribution in [0.15, 0.2) is 34.8 Å². The third kappa shape index (κ3) is 2.65. The number of halogens is 3. The smallest absolute Gasteiger partial charge is 0.198 e. The van der Waals surface area contributed by atoms with E-state index in [1.54, 1.807) is 25.1 Å². The standard InChI is InChI=1S/C14H10BrClFNO/c1-7-3-2-4-12(18)13(7)14(19)8-5-10(16)9(15)6-11(8)17/h2-6H,18H2,1H3. The molecule has 0 bridgehead atoms. The Morgan fingerprint density at radius 3 is 2.68 bits per heavy atom. The van der Waals surface area contributed by atoms with Crippen molar-refractivity contribution in [1.82, 2.24) is 0 Å². The number of carbonyl (C=O) groups is 1. The molecule has 0 heterocycles. The zero-order valence-corrected chi connectivity index (χ0v) is 12.3. The van der Waals surface area contributed by atoms with Crippen LogP contribution in [0.1, 0.15) is 21.5 Å². The van der Waals surface area contributed by atoms with Gasteiger partial charge in [0.05, 0.1) is 10.6 Å². The van der Waals surface area contributed by atoms with Crippen LogP contribution in [0.25, 0.3) is 0 Å². The van der Waals surface area contributed by atoms with Crippen LogP contribution in [0.5, 0.6) is 0 Å². The number of hydrogen-bond acceptors (Lipinski definition) is 2. The highest BCUT2D eigenvalue weighted by Gasteiger charge is 2.19. The molecule has 0 spiro atoms. The van der Waals surface area contributed by atoms with Crippen LogP contribution in [0.3, 0.4) is 0 Å². The minimum atomic E-state index is -0.635. The molecule has 2 aromatic carbocycles. The van der Waals surface area contributed by atoms with Crippen molar-refractivity contribution in [2.75, 3.05) is 5.73 Å². The third-order valence-electron chi connectivity index (χ3n) is 2.79. The molecule has 0 saturated carbocycles. The lowest BCUT2D eigenvalue weighted by molar-refractivity contribution is 0.103. The topological polar surface area (TPSA) is 43.1 Å². The molecule has 0 atom stereocenters. The Morgan fingerprint density at radius 1 is 1.37 bits per heavy atom. The van der Waals surface area contributed by atoms with E-state index in [9.17, 15) is 9.18 Å². The predicted molar refractivity (Wildman–Crippen MR) is 78.1 cm³/mol. The molecule has 2 rings (SSSR count). The normalized spacial score (nSPS) is 10.5. The van der Waals surface area contributed by atoms with Gasteiger partial charge in [-0.2, -0.15) is 0 Å². The van der Waals surface area contributed by atoms with E-state index in [2.05, 4.69) is 15.9 Å². The first-order valence-corrected chi connectivity index (χ1v) is 6.63. The maximum absolute atomic E-state index is 13.9. The van der Waals surface area contributed by atoms with Gasteiger partial charge in [-0.3, -0.25) is 4.79 Å². The van der Waals surface area contributed by atoms with Crippen LogP contribution in [0, 0.1) is 12.7 Å². The summed E-state index contributed by atoms with van der Waals surface area (Å²) in [6.45, 7) is 1.75. The zero-order valence-electron chi connectivity index (χ0n) is 10.0. The highest BCUT2D eigenvalue weighted by atomic mass is 79.9. The van der Waals surface area contributed by atoms with Gasteiger partial charge in [0, 0.05) is 15.7 Å². The van der Waals surface area contributed by atoms with Gasteiger partial charge >= 0.3 is 0 Å². The van der Waals surface area contributed by atoms with E-state index < -0.39 is 11.6 Å². The molecule has 0 unspecified atom stereocenters. The summed E-state index contributed by atoms with van der Waals surface area (Å²) in [5, 5.41) is 0.275. The van der Waals surface area contributed by atoms with Crippen molar-refractivity contribution >= 4 is 39.0 Å². The Balaban J connectivity index is 2.60. The molecule has 0 aliphatic rings. The molecule has 2 nitrogen and oxygen atoms in total. The van der Waals surface area contributed by atoms with Gasteiger partial charge in [0.1, 0.15) is 5.82 Å². The van der Waals surface area contributed by atoms with E-state index in [1.165, 1.54) is 12.1 Å². The SMILES string of the molecule is Cc1cccc(N)c1C(=O)c1cc(Cl)c(Br)cc1F. The summed E-state index contributed by atoms with van der Waals surface area (Å²) in [5.41, 5.74) is 7.03. The molecule has 98 valence electrons. The second kappa shape index (κ2) is 5.31. The van der Waals surface area contributed by atoms with Crippen LogP contribution in [0.2, 0.25) is 5.02 Å². The monoisotopic (exact) mass is 341 g/mol. The van der Waals surface area contributed by atoms with Crippen LogP contribution in [0.4, 0.5) is 10.1 Å². The van der Waals surface area contributed by atoms with E-state index in [0.29, 0.717) is 21.3 Å². The summed E-state index contributed by atoms with van der Waals surface area (Å²) >= 11 is 9.01. The number of benzene rings is 2. The lowest BCUT2D eigenvalue weighted by atomic mass is 9.97. The number of nitrogen functional groups attached to an aromatic ring is 1. The Labute approximate surface area is 123 Å². The second-order valence-corrected chi connectivity index (χ2v) is 5.38. The molecule has 0 aliphatic carbocycles. The largest absolute Gasteiger partial charge is 0.398 e. The van der Waals surface area contributed by atoms with E-state index in [4.69, 9.17) is 17.3 Å². The van der Waals surface area contributed by atoms with Gasteiger partial charge in [0.25, 0.3) is 0 Å². The lowest BCUT2D eigenvalue weighted by Gasteiger charge is -2.10. The average molecular weight is 343 g/mol. The number of carbonyl (C=O) groups excluding carboxylic acids is 1. The van der Waals surface area contributed by atoms with Crippen LogP contribution in [-0.2, 0) is 0 Å². The molecule has 0 amide bonds. The highest BCUT2D eigenvalue weighted by Crippen LogP contribution is 2.28. The quantitative estimate of drug-likeness (QED) is 0.500. The number of hydrogen-bond donors (Lipinski definition) is 1. The van der Waals surface area contributed by atoms with Crippen molar-refractivity contribution < 1.29 is 9.18 Å². The molecule has 0 aromatic heterocycles. The molecular formula is C14H10BrClFNO. The molecule has 0 radical (unpaired) electrons. The maximum Gasteiger partial charge on any atom is 0.198 e.